The van der Waals surface area contributed by atoms with Crippen LogP contribution < -0.4 is 0 Å². The first-order chi connectivity index (χ1) is 12.3. The Balaban J connectivity index is 1.51. The van der Waals surface area contributed by atoms with E-state index in [0.29, 0.717) is 19.8 Å². The topological polar surface area (TPSA) is 34.4 Å². The van der Waals surface area contributed by atoms with Gasteiger partial charge in [-0.05, 0) is 17.7 Å². The molecular formula is C22H21NO2. The van der Waals surface area contributed by atoms with Crippen LogP contribution in [-0.4, -0.2) is 22.4 Å². The summed E-state index contributed by atoms with van der Waals surface area (Å²) in [5, 5.41) is 12.9. The highest BCUT2D eigenvalue weighted by atomic mass is 16.5. The quantitative estimate of drug-likeness (QED) is 0.569. The van der Waals surface area contributed by atoms with Gasteiger partial charge in [-0.25, -0.2) is 0 Å². The van der Waals surface area contributed by atoms with Crippen LogP contribution in [0, 0.1) is 0 Å². The van der Waals surface area contributed by atoms with Crippen LogP contribution in [0.25, 0.3) is 21.8 Å². The molecule has 1 N–H and O–H groups in total. The van der Waals surface area contributed by atoms with E-state index in [1.165, 1.54) is 10.8 Å². The van der Waals surface area contributed by atoms with Gasteiger partial charge in [-0.3, -0.25) is 0 Å². The number of ether oxygens (including phenoxy) is 1. The second-order valence-corrected chi connectivity index (χ2v) is 6.30. The van der Waals surface area contributed by atoms with E-state index in [1.54, 1.807) is 0 Å². The minimum atomic E-state index is -0.553. The lowest BCUT2D eigenvalue weighted by Crippen LogP contribution is -2.21. The summed E-state index contributed by atoms with van der Waals surface area (Å²) in [7, 11) is 0. The van der Waals surface area contributed by atoms with E-state index in [1.807, 2.05) is 42.5 Å². The van der Waals surface area contributed by atoms with Gasteiger partial charge in [0.05, 0.1) is 25.9 Å². The molecule has 3 nitrogen and oxygen atoms in total. The van der Waals surface area contributed by atoms with Gasteiger partial charge < -0.3 is 14.4 Å². The maximum atomic E-state index is 10.5. The number of nitrogens with zero attached hydrogens (tertiary/aromatic N) is 1. The van der Waals surface area contributed by atoms with Crippen molar-refractivity contribution in [3.63, 3.8) is 0 Å². The average Bonchev–Trinajstić information content (AvgIpc) is 2.97. The molecule has 0 spiro atoms. The molecule has 0 radical (unpaired) electrons. The van der Waals surface area contributed by atoms with E-state index in [2.05, 4.69) is 41.0 Å². The van der Waals surface area contributed by atoms with Crippen molar-refractivity contribution in [2.45, 2.75) is 19.3 Å². The molecular weight excluding hydrogens is 310 g/mol. The maximum Gasteiger partial charge on any atom is 0.0952 e. The van der Waals surface area contributed by atoms with E-state index in [-0.39, 0.29) is 0 Å². The third kappa shape index (κ3) is 3.29. The molecule has 4 aromatic rings. The van der Waals surface area contributed by atoms with E-state index < -0.39 is 6.10 Å². The Kier molecular flexibility index (Phi) is 4.51. The molecule has 0 amide bonds. The molecule has 0 aliphatic rings. The Morgan fingerprint density at radius 3 is 1.96 bits per heavy atom. The zero-order chi connectivity index (χ0) is 17.1. The molecule has 0 saturated heterocycles. The van der Waals surface area contributed by atoms with Crippen molar-refractivity contribution in [1.82, 2.24) is 4.57 Å². The van der Waals surface area contributed by atoms with Gasteiger partial charge in [-0.15, -0.1) is 0 Å². The first kappa shape index (κ1) is 15.9. The second-order valence-electron chi connectivity index (χ2n) is 6.30. The zero-order valence-electron chi connectivity index (χ0n) is 14.0. The molecule has 3 aromatic carbocycles. The summed E-state index contributed by atoms with van der Waals surface area (Å²) in [5.41, 5.74) is 3.41. The highest BCUT2D eigenvalue weighted by molar-refractivity contribution is 6.07. The summed E-state index contributed by atoms with van der Waals surface area (Å²) in [6.07, 6.45) is -0.553. The monoisotopic (exact) mass is 331 g/mol. The minimum absolute atomic E-state index is 0.315. The molecule has 25 heavy (non-hydrogen) atoms. The molecule has 1 aromatic heterocycles. The predicted octanol–water partition coefficient (Wildman–Crippen LogP) is 4.37. The lowest BCUT2D eigenvalue weighted by atomic mass is 10.2. The van der Waals surface area contributed by atoms with Crippen molar-refractivity contribution in [2.75, 3.05) is 6.61 Å². The molecule has 0 bridgehead atoms. The number of benzene rings is 3. The fraction of sp³-hybridized carbons (Fsp3) is 0.182. The number of fused-ring (bicyclic) bond motifs is 3. The normalized spacial score (nSPS) is 12.7. The van der Waals surface area contributed by atoms with Crippen molar-refractivity contribution in [2.24, 2.45) is 0 Å². The summed E-state index contributed by atoms with van der Waals surface area (Å²) in [6, 6.07) is 26.7. The van der Waals surface area contributed by atoms with Gasteiger partial charge in [0.25, 0.3) is 0 Å². The van der Waals surface area contributed by atoms with Crippen LogP contribution in [0.2, 0.25) is 0 Å². The fourth-order valence-corrected chi connectivity index (χ4v) is 3.35. The summed E-state index contributed by atoms with van der Waals surface area (Å²) in [4.78, 5) is 0. The lowest BCUT2D eigenvalue weighted by Gasteiger charge is -2.14. The van der Waals surface area contributed by atoms with Crippen LogP contribution >= 0.6 is 0 Å². The largest absolute Gasteiger partial charge is 0.389 e. The molecule has 1 heterocycles. The first-order valence-electron chi connectivity index (χ1n) is 8.58. The highest BCUT2D eigenvalue weighted by Gasteiger charge is 2.13. The first-order valence-corrected chi connectivity index (χ1v) is 8.58. The van der Waals surface area contributed by atoms with Gasteiger partial charge in [0.15, 0.2) is 0 Å². The van der Waals surface area contributed by atoms with Crippen molar-refractivity contribution in [1.29, 1.82) is 0 Å². The maximum absolute atomic E-state index is 10.5. The number of aliphatic hydroxyl groups excluding tert-OH is 1. The van der Waals surface area contributed by atoms with Crippen molar-refractivity contribution < 1.29 is 9.84 Å². The van der Waals surface area contributed by atoms with Crippen LogP contribution in [0.5, 0.6) is 0 Å². The minimum Gasteiger partial charge on any atom is -0.389 e. The number of aromatic nitrogens is 1. The zero-order valence-corrected chi connectivity index (χ0v) is 14.0. The van der Waals surface area contributed by atoms with Gasteiger partial charge >= 0.3 is 0 Å². The molecule has 1 atom stereocenters. The van der Waals surface area contributed by atoms with Gasteiger partial charge in [-0.1, -0.05) is 66.7 Å². The molecule has 3 heteroatoms. The number of para-hydroxylation sites is 2. The summed E-state index contributed by atoms with van der Waals surface area (Å²) < 4.78 is 7.87. The Morgan fingerprint density at radius 1 is 0.760 bits per heavy atom. The van der Waals surface area contributed by atoms with E-state index in [0.717, 1.165) is 16.6 Å². The SMILES string of the molecule is O[C@H](COCc1ccccc1)Cn1c2ccccc2c2ccccc21. The summed E-state index contributed by atoms with van der Waals surface area (Å²) in [5.74, 6) is 0. The van der Waals surface area contributed by atoms with Crippen molar-refractivity contribution >= 4 is 21.8 Å². The average molecular weight is 331 g/mol. The van der Waals surface area contributed by atoms with Crippen LogP contribution in [0.1, 0.15) is 5.56 Å². The fourth-order valence-electron chi connectivity index (χ4n) is 3.35. The molecule has 0 fully saturated rings. The van der Waals surface area contributed by atoms with E-state index in [4.69, 9.17) is 4.74 Å². The third-order valence-corrected chi connectivity index (χ3v) is 4.49. The van der Waals surface area contributed by atoms with Gasteiger partial charge in [0.1, 0.15) is 0 Å². The Morgan fingerprint density at radius 2 is 1.32 bits per heavy atom. The highest BCUT2D eigenvalue weighted by Crippen LogP contribution is 2.28. The smallest absolute Gasteiger partial charge is 0.0952 e. The van der Waals surface area contributed by atoms with Crippen LogP contribution in [0.4, 0.5) is 0 Å². The molecule has 0 unspecified atom stereocenters. The van der Waals surface area contributed by atoms with Crippen LogP contribution in [0.15, 0.2) is 78.9 Å². The van der Waals surface area contributed by atoms with Crippen molar-refractivity contribution in [3.05, 3.63) is 84.4 Å². The molecule has 0 aliphatic heterocycles. The van der Waals surface area contributed by atoms with E-state index >= 15 is 0 Å². The second kappa shape index (κ2) is 7.09. The number of rotatable bonds is 6. The van der Waals surface area contributed by atoms with Gasteiger partial charge in [0.2, 0.25) is 0 Å². The standard InChI is InChI=1S/C22H21NO2/c24-18(16-25-15-17-8-2-1-3-9-17)14-23-21-12-6-4-10-19(21)20-11-5-7-13-22(20)23/h1-13,18,24H,14-16H2/t18-/m0/s1. The Hall–Kier alpha value is -2.62. The summed E-state index contributed by atoms with van der Waals surface area (Å²) in [6.45, 7) is 1.35. The number of aliphatic hydroxyl groups is 1. The molecule has 4 rings (SSSR count). The predicted molar refractivity (Wildman–Crippen MR) is 102 cm³/mol. The Bertz CT molecular complexity index is 922. The molecule has 0 aliphatic carbocycles. The number of hydrogen-bond donors (Lipinski definition) is 1. The van der Waals surface area contributed by atoms with Crippen LogP contribution in [0.3, 0.4) is 0 Å². The molecule has 0 saturated carbocycles. The van der Waals surface area contributed by atoms with Crippen molar-refractivity contribution in [3.8, 4) is 0 Å². The summed E-state index contributed by atoms with van der Waals surface area (Å²) >= 11 is 0. The lowest BCUT2D eigenvalue weighted by molar-refractivity contribution is 0.0214. The number of hydrogen-bond acceptors (Lipinski definition) is 2. The van der Waals surface area contributed by atoms with Crippen LogP contribution in [-0.2, 0) is 17.9 Å². The molecule has 126 valence electrons. The van der Waals surface area contributed by atoms with Gasteiger partial charge in [-0.2, -0.15) is 0 Å². The van der Waals surface area contributed by atoms with Gasteiger partial charge in [0, 0.05) is 21.8 Å². The Labute approximate surface area is 147 Å². The third-order valence-electron chi connectivity index (χ3n) is 4.49. The van der Waals surface area contributed by atoms with E-state index in [9.17, 15) is 5.11 Å².